The van der Waals surface area contributed by atoms with Gasteiger partial charge >= 0.3 is 5.97 Å². The number of H-pyrrole nitrogens is 1. The molecule has 0 aliphatic rings. The zero-order valence-electron chi connectivity index (χ0n) is 43.1. The highest BCUT2D eigenvalue weighted by Crippen LogP contribution is 2.16. The number of ketones is 1. The van der Waals surface area contributed by atoms with E-state index < -0.39 is 42.3 Å². The largest absolute Gasteiger partial charge is 0.480 e. The van der Waals surface area contributed by atoms with E-state index in [0.717, 1.165) is 19.3 Å². The summed E-state index contributed by atoms with van der Waals surface area (Å²) in [5.41, 5.74) is 12.2. The number of carboxylic acids is 1. The molecule has 0 radical (unpaired) electrons. The van der Waals surface area contributed by atoms with Gasteiger partial charge in [0, 0.05) is 63.1 Å². The first-order valence-corrected chi connectivity index (χ1v) is 26.3. The van der Waals surface area contributed by atoms with Crippen molar-refractivity contribution in [3.63, 3.8) is 0 Å². The number of carboxylic acid groups (broad SMARTS) is 1. The molecule has 1 aromatic rings. The number of imidazole rings is 1. The molecule has 1 aromatic heterocycles. The van der Waals surface area contributed by atoms with Gasteiger partial charge in [-0.25, -0.2) is 4.98 Å². The van der Waals surface area contributed by atoms with Gasteiger partial charge in [-0.1, -0.05) is 103 Å². The fourth-order valence-corrected chi connectivity index (χ4v) is 7.49. The van der Waals surface area contributed by atoms with Crippen LogP contribution in [0.3, 0.4) is 0 Å². The molecule has 72 heavy (non-hydrogen) atoms. The minimum absolute atomic E-state index is 0.0126. The molecule has 22 nitrogen and oxygen atoms in total. The van der Waals surface area contributed by atoms with Crippen molar-refractivity contribution in [1.82, 2.24) is 36.6 Å². The average molecular weight is 1020 g/mol. The van der Waals surface area contributed by atoms with Gasteiger partial charge in [-0.05, 0) is 25.7 Å². The van der Waals surface area contributed by atoms with E-state index in [0.29, 0.717) is 37.9 Å². The molecule has 0 saturated heterocycles. The molecule has 0 spiro atoms. The molecule has 1 rings (SSSR count). The number of ether oxygens (including phenoxy) is 4. The van der Waals surface area contributed by atoms with Crippen molar-refractivity contribution in [2.75, 3.05) is 79.0 Å². The smallest absolute Gasteiger partial charge is 0.322 e. The summed E-state index contributed by atoms with van der Waals surface area (Å²) in [7, 11) is 0. The molecule has 0 saturated carbocycles. The second-order valence-electron chi connectivity index (χ2n) is 18.0. The first-order valence-electron chi connectivity index (χ1n) is 26.3. The lowest BCUT2D eigenvalue weighted by Gasteiger charge is -2.18. The van der Waals surface area contributed by atoms with E-state index >= 15 is 0 Å². The number of nitrogens with zero attached hydrogens (tertiary/aromatic N) is 1. The van der Waals surface area contributed by atoms with Crippen LogP contribution in [0.1, 0.15) is 154 Å². The number of primary amides is 1. The molecule has 0 aromatic carbocycles. The first kappa shape index (κ1) is 65.0. The number of amides is 6. The van der Waals surface area contributed by atoms with Crippen LogP contribution < -0.4 is 38.1 Å². The molecule has 6 amide bonds. The van der Waals surface area contributed by atoms with Crippen molar-refractivity contribution < 1.29 is 62.4 Å². The predicted octanol–water partition coefficient (Wildman–Crippen LogP) is 2.65. The van der Waals surface area contributed by atoms with E-state index in [1.807, 2.05) is 0 Å². The Morgan fingerprint density at radius 3 is 1.67 bits per heavy atom. The lowest BCUT2D eigenvalue weighted by Crippen LogP contribution is -2.45. The predicted molar refractivity (Wildman–Crippen MR) is 270 cm³/mol. The van der Waals surface area contributed by atoms with Gasteiger partial charge in [0.25, 0.3) is 0 Å². The van der Waals surface area contributed by atoms with E-state index in [1.165, 1.54) is 83.4 Å². The summed E-state index contributed by atoms with van der Waals surface area (Å²) in [6.45, 7) is 3.19. The Bertz CT molecular complexity index is 1640. The van der Waals surface area contributed by atoms with Crippen LogP contribution in [-0.2, 0) is 63.7 Å². The van der Waals surface area contributed by atoms with Gasteiger partial charge in [-0.3, -0.25) is 38.4 Å². The number of hydrogen-bond donors (Lipinski definition) is 9. The molecule has 22 heteroatoms. The SMILES string of the molecule is CCCCCCCCCCCCCCCCCC(=O)N[C@@H](CCC(=O)NCCOCCOCC(=O)NCCOCCOCC(=O)NCCCC[C@H](CC(=O)[C@@H](N)Cc1cnc[nH]1)C(=O)NCC(=O)O)C(N)=O. The number of unbranched alkanes of at least 4 members (excludes halogenated alkanes) is 15. The molecule has 0 bridgehead atoms. The number of Topliss-reactive ketones (excluding diaryl/α,β-unsaturated/α-hetero) is 1. The van der Waals surface area contributed by atoms with Crippen LogP contribution in [0.25, 0.3) is 0 Å². The second-order valence-corrected chi connectivity index (χ2v) is 18.0. The molecular weight excluding hydrogens is 935 g/mol. The van der Waals surface area contributed by atoms with E-state index in [4.69, 9.17) is 35.5 Å². The number of carbonyl (C=O) groups excluding carboxylic acids is 7. The van der Waals surface area contributed by atoms with Gasteiger partial charge in [0.2, 0.25) is 35.4 Å². The monoisotopic (exact) mass is 1020 g/mol. The van der Waals surface area contributed by atoms with E-state index in [1.54, 1.807) is 6.20 Å². The highest BCUT2D eigenvalue weighted by molar-refractivity contribution is 5.91. The maximum absolute atomic E-state index is 12.7. The molecule has 1 heterocycles. The third-order valence-electron chi connectivity index (χ3n) is 11.6. The quantitative estimate of drug-likeness (QED) is 0.0424. The Kier molecular flexibility index (Phi) is 40.3. The van der Waals surface area contributed by atoms with Crippen molar-refractivity contribution in [2.24, 2.45) is 17.4 Å². The number of hydrogen-bond acceptors (Lipinski definition) is 14. The Morgan fingerprint density at radius 2 is 1.14 bits per heavy atom. The minimum Gasteiger partial charge on any atom is -0.480 e. The minimum atomic E-state index is -1.21. The Morgan fingerprint density at radius 1 is 0.611 bits per heavy atom. The molecule has 0 fully saturated rings. The van der Waals surface area contributed by atoms with Crippen molar-refractivity contribution in [3.8, 4) is 0 Å². The number of aromatic nitrogens is 2. The molecule has 0 aliphatic carbocycles. The number of nitrogens with two attached hydrogens (primary N) is 2. The van der Waals surface area contributed by atoms with E-state index in [2.05, 4.69) is 43.5 Å². The van der Waals surface area contributed by atoms with Gasteiger partial charge < -0.3 is 67.1 Å². The van der Waals surface area contributed by atoms with Crippen LogP contribution in [0.5, 0.6) is 0 Å². The Labute approximate surface area is 426 Å². The fraction of sp³-hybridized carbons (Fsp3) is 0.780. The molecule has 11 N–H and O–H groups in total. The van der Waals surface area contributed by atoms with Crippen molar-refractivity contribution in [2.45, 2.75) is 167 Å². The van der Waals surface area contributed by atoms with Crippen LogP contribution in [0.4, 0.5) is 0 Å². The highest BCUT2D eigenvalue weighted by Gasteiger charge is 2.26. The normalized spacial score (nSPS) is 12.4. The summed E-state index contributed by atoms with van der Waals surface area (Å²) in [6, 6.07) is -1.77. The lowest BCUT2D eigenvalue weighted by atomic mass is 9.91. The summed E-state index contributed by atoms with van der Waals surface area (Å²) in [5, 5.41) is 22.0. The van der Waals surface area contributed by atoms with Gasteiger partial charge in [-0.15, -0.1) is 0 Å². The van der Waals surface area contributed by atoms with Gasteiger partial charge in [-0.2, -0.15) is 0 Å². The first-order chi connectivity index (χ1) is 34.8. The summed E-state index contributed by atoms with van der Waals surface area (Å²) in [6.07, 6.45) is 23.4. The summed E-state index contributed by atoms with van der Waals surface area (Å²) in [5.74, 6) is -4.78. The summed E-state index contributed by atoms with van der Waals surface area (Å²) < 4.78 is 21.5. The third-order valence-corrected chi connectivity index (χ3v) is 11.6. The van der Waals surface area contributed by atoms with Crippen molar-refractivity contribution in [3.05, 3.63) is 18.2 Å². The van der Waals surface area contributed by atoms with Crippen LogP contribution in [0.15, 0.2) is 12.5 Å². The van der Waals surface area contributed by atoms with Crippen LogP contribution >= 0.6 is 0 Å². The van der Waals surface area contributed by atoms with Gasteiger partial charge in [0.1, 0.15) is 25.8 Å². The maximum atomic E-state index is 12.7. The number of aliphatic carboxylic acids is 1. The standard InChI is InChI=1S/C50H89N9O13/c1-2-3-4-5-6-7-8-9-10-11-12-13-14-15-16-20-45(62)59-42(49(52)67)21-22-44(61)55-24-26-69-28-31-72-37-47(64)56-25-27-70-29-30-71-36-46(63)54-23-18-17-19-39(50(68)57-35-48(65)66)32-43(60)41(51)33-40-34-53-38-58-40/h34,38-39,41-42H,2-33,35-37,51H2,1H3,(H2,52,67)(H,53,58)(H,54,63)(H,55,61)(H,56,64)(H,57,68)(H,59,62)(H,65,66)/t39-,41+,42+/m1/s1. The number of nitrogens with one attached hydrogen (secondary N) is 6. The number of aromatic amines is 1. The van der Waals surface area contributed by atoms with E-state index in [-0.39, 0.29) is 121 Å². The van der Waals surface area contributed by atoms with Gasteiger partial charge in [0.15, 0.2) is 5.78 Å². The van der Waals surface area contributed by atoms with Crippen LogP contribution in [-0.4, -0.2) is 153 Å². The Balaban J connectivity index is 2.00. The van der Waals surface area contributed by atoms with Crippen molar-refractivity contribution >= 4 is 47.2 Å². The summed E-state index contributed by atoms with van der Waals surface area (Å²) >= 11 is 0. The molecule has 3 atom stereocenters. The Hall–Kier alpha value is -5.03. The van der Waals surface area contributed by atoms with Gasteiger partial charge in [0.05, 0.1) is 52.0 Å². The van der Waals surface area contributed by atoms with E-state index in [9.17, 15) is 38.4 Å². The summed E-state index contributed by atoms with van der Waals surface area (Å²) in [4.78, 5) is 104. The number of carbonyl (C=O) groups is 8. The zero-order valence-corrected chi connectivity index (χ0v) is 43.1. The van der Waals surface area contributed by atoms with Crippen molar-refractivity contribution in [1.29, 1.82) is 0 Å². The molecular formula is C50H89N9O13. The molecule has 0 aliphatic heterocycles. The maximum Gasteiger partial charge on any atom is 0.322 e. The third kappa shape index (κ3) is 38.6. The zero-order chi connectivity index (χ0) is 52.9. The molecule has 0 unspecified atom stereocenters. The van der Waals surface area contributed by atoms with Crippen LogP contribution in [0.2, 0.25) is 0 Å². The number of rotatable bonds is 50. The average Bonchev–Trinajstić information content (AvgIpc) is 3.87. The highest BCUT2D eigenvalue weighted by atomic mass is 16.5. The fourth-order valence-electron chi connectivity index (χ4n) is 7.49. The topological polar surface area (TPSA) is 335 Å². The molecule has 412 valence electrons. The second kappa shape index (κ2) is 44.7. The van der Waals surface area contributed by atoms with Crippen LogP contribution in [0, 0.1) is 5.92 Å². The lowest BCUT2D eigenvalue weighted by molar-refractivity contribution is -0.139.